The first kappa shape index (κ1) is 10.8. The summed E-state index contributed by atoms with van der Waals surface area (Å²) in [5.41, 5.74) is 3.54. The highest BCUT2D eigenvalue weighted by Crippen LogP contribution is 2.37. The minimum atomic E-state index is 0.854. The Morgan fingerprint density at radius 3 is 2.94 bits per heavy atom. The molecule has 2 heterocycles. The van der Waals surface area contributed by atoms with Crippen LogP contribution in [0.4, 0.5) is 0 Å². The van der Waals surface area contributed by atoms with Crippen molar-refractivity contribution in [2.24, 2.45) is 0 Å². The Morgan fingerprint density at radius 1 is 1.35 bits per heavy atom. The number of likely N-dealkylation sites (N-methyl/N-ethyl adjacent to an activating group) is 1. The van der Waals surface area contributed by atoms with Gasteiger partial charge in [0.2, 0.25) is 0 Å². The summed E-state index contributed by atoms with van der Waals surface area (Å²) in [5, 5.41) is 10.6. The smallest absolute Gasteiger partial charge is 0.0994 e. The van der Waals surface area contributed by atoms with Gasteiger partial charge < -0.3 is 4.90 Å². The van der Waals surface area contributed by atoms with Gasteiger partial charge in [-0.1, -0.05) is 0 Å². The lowest BCUT2D eigenvalue weighted by atomic mass is 9.99. The van der Waals surface area contributed by atoms with Crippen LogP contribution in [0.25, 0.3) is 10.1 Å². The van der Waals surface area contributed by atoms with E-state index >= 15 is 0 Å². The van der Waals surface area contributed by atoms with Crippen LogP contribution in [-0.4, -0.2) is 18.5 Å². The second-order valence-corrected chi connectivity index (χ2v) is 5.96. The van der Waals surface area contributed by atoms with Gasteiger partial charge in [0, 0.05) is 28.1 Å². The van der Waals surface area contributed by atoms with E-state index in [1.54, 1.807) is 0 Å². The molecule has 17 heavy (non-hydrogen) atoms. The van der Waals surface area contributed by atoms with Gasteiger partial charge in [-0.2, -0.15) is 5.26 Å². The lowest BCUT2D eigenvalue weighted by Gasteiger charge is -2.13. The summed E-state index contributed by atoms with van der Waals surface area (Å²) < 4.78 is 1.34. The Labute approximate surface area is 105 Å². The average Bonchev–Trinajstić information content (AvgIpc) is 2.52. The summed E-state index contributed by atoms with van der Waals surface area (Å²) in [7, 11) is 2.15. The molecule has 2 nitrogen and oxygen atoms in total. The molecule has 0 N–H and O–H groups in total. The predicted octanol–water partition coefficient (Wildman–Crippen LogP) is 3.07. The lowest BCUT2D eigenvalue weighted by Crippen LogP contribution is -2.18. The van der Waals surface area contributed by atoms with Gasteiger partial charge in [0.1, 0.15) is 0 Å². The quantitative estimate of drug-likeness (QED) is 0.710. The first-order chi connectivity index (χ1) is 8.20. The van der Waals surface area contributed by atoms with Crippen LogP contribution in [0.5, 0.6) is 0 Å². The number of benzene rings is 1. The molecule has 0 unspecified atom stereocenters. The van der Waals surface area contributed by atoms with Crippen LogP contribution in [0, 0.1) is 18.3 Å². The fourth-order valence-corrected chi connectivity index (χ4v) is 3.76. The summed E-state index contributed by atoms with van der Waals surface area (Å²) in [5.74, 6) is 0. The van der Waals surface area contributed by atoms with E-state index in [0.717, 1.165) is 25.1 Å². The SMILES string of the molecule is Cc1sc2ccc(C#N)c3c2c1CN(C)CC3. The van der Waals surface area contributed by atoms with Crippen molar-refractivity contribution in [1.82, 2.24) is 4.90 Å². The van der Waals surface area contributed by atoms with E-state index in [1.165, 1.54) is 26.1 Å². The molecule has 1 aliphatic rings. The number of nitriles is 1. The van der Waals surface area contributed by atoms with Crippen LogP contribution in [0.2, 0.25) is 0 Å². The van der Waals surface area contributed by atoms with Gasteiger partial charge in [-0.15, -0.1) is 11.3 Å². The average molecular weight is 242 g/mol. The zero-order valence-corrected chi connectivity index (χ0v) is 10.9. The van der Waals surface area contributed by atoms with Crippen molar-refractivity contribution in [3.63, 3.8) is 0 Å². The van der Waals surface area contributed by atoms with Crippen molar-refractivity contribution < 1.29 is 0 Å². The molecule has 0 fully saturated rings. The number of nitrogens with zero attached hydrogens (tertiary/aromatic N) is 2. The van der Waals surface area contributed by atoms with Crippen LogP contribution in [-0.2, 0) is 13.0 Å². The van der Waals surface area contributed by atoms with Crippen LogP contribution in [0.1, 0.15) is 21.6 Å². The summed E-state index contributed by atoms with van der Waals surface area (Å²) in [6, 6.07) is 6.41. The fourth-order valence-electron chi connectivity index (χ4n) is 2.65. The van der Waals surface area contributed by atoms with Crippen LogP contribution < -0.4 is 0 Å². The van der Waals surface area contributed by atoms with E-state index < -0.39 is 0 Å². The third-order valence-corrected chi connectivity index (χ3v) is 4.67. The maximum atomic E-state index is 9.23. The van der Waals surface area contributed by atoms with Gasteiger partial charge >= 0.3 is 0 Å². The Balaban J connectivity index is 2.40. The van der Waals surface area contributed by atoms with Gasteiger partial charge in [0.25, 0.3) is 0 Å². The van der Waals surface area contributed by atoms with E-state index in [4.69, 9.17) is 0 Å². The summed E-state index contributed by atoms with van der Waals surface area (Å²) in [6.07, 6.45) is 0.986. The standard InChI is InChI=1S/C14H14N2S/c1-9-12-8-16(2)6-5-11-10(7-15)3-4-13(17-9)14(11)12/h3-4H,5-6,8H2,1-2H3. The monoisotopic (exact) mass is 242 g/mol. The van der Waals surface area contributed by atoms with Gasteiger partial charge in [-0.05, 0) is 43.7 Å². The van der Waals surface area contributed by atoms with Crippen LogP contribution >= 0.6 is 11.3 Å². The molecule has 1 aromatic carbocycles. The number of rotatable bonds is 0. The van der Waals surface area contributed by atoms with Crippen molar-refractivity contribution in [3.8, 4) is 6.07 Å². The first-order valence-electron chi connectivity index (χ1n) is 5.83. The largest absolute Gasteiger partial charge is 0.302 e. The molecule has 3 rings (SSSR count). The topological polar surface area (TPSA) is 27.0 Å². The van der Waals surface area contributed by atoms with Gasteiger partial charge in [-0.25, -0.2) is 0 Å². The highest BCUT2D eigenvalue weighted by Gasteiger charge is 2.20. The molecule has 0 radical (unpaired) electrons. The molecule has 0 spiro atoms. The summed E-state index contributed by atoms with van der Waals surface area (Å²) in [6.45, 7) is 4.23. The van der Waals surface area contributed by atoms with Gasteiger partial charge in [0.05, 0.1) is 11.6 Å². The molecule has 0 amide bonds. The second-order valence-electron chi connectivity index (χ2n) is 4.70. The minimum Gasteiger partial charge on any atom is -0.302 e. The maximum Gasteiger partial charge on any atom is 0.0994 e. The molecule has 0 saturated heterocycles. The van der Waals surface area contributed by atoms with Gasteiger partial charge in [-0.3, -0.25) is 0 Å². The van der Waals surface area contributed by atoms with E-state index in [-0.39, 0.29) is 0 Å². The van der Waals surface area contributed by atoms with Gasteiger partial charge in [0.15, 0.2) is 0 Å². The number of thiophene rings is 1. The van der Waals surface area contributed by atoms with Crippen LogP contribution in [0.3, 0.4) is 0 Å². The Hall–Kier alpha value is -1.37. The molecule has 1 aromatic heterocycles. The molecule has 0 atom stereocenters. The van der Waals surface area contributed by atoms with E-state index in [2.05, 4.69) is 31.0 Å². The summed E-state index contributed by atoms with van der Waals surface area (Å²) in [4.78, 5) is 3.74. The minimum absolute atomic E-state index is 0.854. The van der Waals surface area contributed by atoms with Crippen molar-refractivity contribution in [3.05, 3.63) is 33.7 Å². The Bertz CT molecular complexity index is 634. The molecule has 0 aliphatic carbocycles. The maximum absolute atomic E-state index is 9.23. The molecule has 3 heteroatoms. The summed E-state index contributed by atoms with van der Waals surface area (Å²) >= 11 is 1.85. The normalized spacial score (nSPS) is 15.8. The molecule has 0 bridgehead atoms. The highest BCUT2D eigenvalue weighted by atomic mass is 32.1. The number of hydrogen-bond donors (Lipinski definition) is 0. The zero-order valence-electron chi connectivity index (χ0n) is 10.1. The molecule has 0 saturated carbocycles. The first-order valence-corrected chi connectivity index (χ1v) is 6.65. The van der Waals surface area contributed by atoms with Crippen LogP contribution in [0.15, 0.2) is 12.1 Å². The molecule has 86 valence electrons. The molecular formula is C14H14N2S. The van der Waals surface area contributed by atoms with Crippen molar-refractivity contribution in [2.45, 2.75) is 19.9 Å². The van der Waals surface area contributed by atoms with E-state index in [0.29, 0.717) is 0 Å². The Kier molecular flexibility index (Phi) is 2.43. The molecule has 1 aliphatic heterocycles. The number of aryl methyl sites for hydroxylation is 1. The third-order valence-electron chi connectivity index (χ3n) is 3.56. The molecular weight excluding hydrogens is 228 g/mol. The Morgan fingerprint density at radius 2 is 2.18 bits per heavy atom. The predicted molar refractivity (Wildman–Crippen MR) is 71.3 cm³/mol. The second kappa shape index (κ2) is 3.83. The van der Waals surface area contributed by atoms with E-state index in [1.807, 2.05) is 17.4 Å². The molecule has 2 aromatic rings. The number of hydrogen-bond acceptors (Lipinski definition) is 3. The van der Waals surface area contributed by atoms with Crippen molar-refractivity contribution in [1.29, 1.82) is 5.26 Å². The van der Waals surface area contributed by atoms with Crippen molar-refractivity contribution in [2.75, 3.05) is 13.6 Å². The van der Waals surface area contributed by atoms with Crippen molar-refractivity contribution >= 4 is 21.4 Å². The lowest BCUT2D eigenvalue weighted by molar-refractivity contribution is 0.336. The third kappa shape index (κ3) is 1.56. The zero-order chi connectivity index (χ0) is 12.0. The van der Waals surface area contributed by atoms with E-state index in [9.17, 15) is 5.26 Å². The highest BCUT2D eigenvalue weighted by molar-refractivity contribution is 7.19. The fraction of sp³-hybridized carbons (Fsp3) is 0.357.